The van der Waals surface area contributed by atoms with E-state index in [0.717, 1.165) is 24.9 Å². The fourth-order valence-electron chi connectivity index (χ4n) is 4.95. The first kappa shape index (κ1) is 21.1. The molecule has 2 aliphatic rings. The van der Waals surface area contributed by atoms with Gasteiger partial charge >= 0.3 is 0 Å². The van der Waals surface area contributed by atoms with Gasteiger partial charge in [0.1, 0.15) is 0 Å². The highest BCUT2D eigenvalue weighted by Crippen LogP contribution is 2.30. The third kappa shape index (κ3) is 5.05. The van der Waals surface area contributed by atoms with E-state index >= 15 is 0 Å². The van der Waals surface area contributed by atoms with Crippen LogP contribution in [0.15, 0.2) is 30.3 Å². The Bertz CT molecular complexity index is 645. The Morgan fingerprint density at radius 2 is 1.68 bits per heavy atom. The second-order valence-electron chi connectivity index (χ2n) is 8.40. The molecule has 5 heteroatoms. The molecule has 0 aliphatic heterocycles. The molecule has 0 radical (unpaired) electrons. The summed E-state index contributed by atoms with van der Waals surface area (Å²) in [6.07, 6.45) is 10.7. The van der Waals surface area contributed by atoms with Crippen molar-refractivity contribution in [2.24, 2.45) is 5.92 Å². The summed E-state index contributed by atoms with van der Waals surface area (Å²) in [6, 6.07) is 10.8. The van der Waals surface area contributed by atoms with Gasteiger partial charge in [0.05, 0.1) is 6.54 Å². The van der Waals surface area contributed by atoms with Crippen molar-refractivity contribution in [1.82, 2.24) is 10.2 Å². The molecule has 1 aromatic carbocycles. The van der Waals surface area contributed by atoms with Gasteiger partial charge in [-0.1, -0.05) is 57.2 Å². The second kappa shape index (κ2) is 10.2. The van der Waals surface area contributed by atoms with Crippen LogP contribution in [0.5, 0.6) is 0 Å². The number of nitrogens with zero attached hydrogens (tertiary/aromatic N) is 2. The summed E-state index contributed by atoms with van der Waals surface area (Å²) in [5.41, 5.74) is 1.02. The van der Waals surface area contributed by atoms with Gasteiger partial charge in [0.25, 0.3) is 0 Å². The van der Waals surface area contributed by atoms with Crippen LogP contribution < -0.4 is 10.2 Å². The smallest absolute Gasteiger partial charge is 0.246 e. The van der Waals surface area contributed by atoms with E-state index in [4.69, 9.17) is 12.2 Å². The summed E-state index contributed by atoms with van der Waals surface area (Å²) in [6.45, 7) is 2.66. The molecule has 2 unspecified atom stereocenters. The number of hydrogen-bond acceptors (Lipinski definition) is 2. The Morgan fingerprint density at radius 1 is 1.04 bits per heavy atom. The number of carbonyl (C=O) groups excluding carboxylic acids is 1. The first-order valence-corrected chi connectivity index (χ1v) is 11.4. The largest absolute Gasteiger partial charge is 0.366 e. The first-order valence-electron chi connectivity index (χ1n) is 11.0. The molecule has 1 amide bonds. The molecule has 0 saturated heterocycles. The van der Waals surface area contributed by atoms with Crippen LogP contribution in [0.25, 0.3) is 0 Å². The number of benzene rings is 1. The average Bonchev–Trinajstić information content (AvgIpc) is 2.74. The van der Waals surface area contributed by atoms with Crippen molar-refractivity contribution in [3.05, 3.63) is 30.3 Å². The second-order valence-corrected chi connectivity index (χ2v) is 8.79. The summed E-state index contributed by atoms with van der Waals surface area (Å²) in [5.74, 6) is 0.737. The predicted octanol–water partition coefficient (Wildman–Crippen LogP) is 4.74. The minimum absolute atomic E-state index is 0.175. The zero-order valence-corrected chi connectivity index (χ0v) is 18.2. The Hall–Kier alpha value is -1.62. The van der Waals surface area contributed by atoms with E-state index in [-0.39, 0.29) is 5.91 Å². The molecule has 2 aliphatic carbocycles. The predicted molar refractivity (Wildman–Crippen MR) is 121 cm³/mol. The summed E-state index contributed by atoms with van der Waals surface area (Å²) in [4.78, 5) is 17.9. The van der Waals surface area contributed by atoms with Crippen LogP contribution >= 0.6 is 12.2 Å². The van der Waals surface area contributed by atoms with E-state index in [2.05, 4.69) is 34.2 Å². The van der Waals surface area contributed by atoms with Gasteiger partial charge in [0.15, 0.2) is 5.11 Å². The molecule has 3 rings (SSSR count). The van der Waals surface area contributed by atoms with Crippen molar-refractivity contribution < 1.29 is 4.79 Å². The lowest BCUT2D eigenvalue weighted by molar-refractivity contribution is -0.120. The Balaban J connectivity index is 1.82. The van der Waals surface area contributed by atoms with Gasteiger partial charge in [-0.25, -0.2) is 0 Å². The topological polar surface area (TPSA) is 35.6 Å². The maximum Gasteiger partial charge on any atom is 0.246 e. The zero-order valence-electron chi connectivity index (χ0n) is 17.4. The number of nitrogens with one attached hydrogen (secondary N) is 1. The SMILES string of the molecule is CNC(=S)N(CC(=O)N(c1ccccc1)C1CCCCC1)C1CCCCC1C. The molecule has 2 atom stereocenters. The number of amides is 1. The van der Waals surface area contributed by atoms with Gasteiger partial charge in [0, 0.05) is 24.8 Å². The van der Waals surface area contributed by atoms with Gasteiger partial charge in [-0.2, -0.15) is 0 Å². The summed E-state index contributed by atoms with van der Waals surface area (Å²) >= 11 is 5.63. The number of carbonyl (C=O) groups is 1. The van der Waals surface area contributed by atoms with E-state index in [1.807, 2.05) is 25.2 Å². The number of rotatable bonds is 5. The van der Waals surface area contributed by atoms with E-state index in [1.165, 1.54) is 38.5 Å². The molecule has 1 aromatic rings. The molecule has 0 heterocycles. The maximum absolute atomic E-state index is 13.6. The van der Waals surface area contributed by atoms with E-state index in [0.29, 0.717) is 29.7 Å². The fourth-order valence-corrected chi connectivity index (χ4v) is 5.15. The molecule has 154 valence electrons. The van der Waals surface area contributed by atoms with Crippen LogP contribution in [-0.4, -0.2) is 41.6 Å². The van der Waals surface area contributed by atoms with Gasteiger partial charge in [0.2, 0.25) is 5.91 Å². The highest BCUT2D eigenvalue weighted by atomic mass is 32.1. The standard InChI is InChI=1S/C23H35N3OS/c1-18-11-9-10-16-21(18)25(23(28)24-2)17-22(27)26(19-12-5-3-6-13-19)20-14-7-4-8-15-20/h3,5-6,12-13,18,20-21H,4,7-11,14-17H2,1-2H3,(H,24,28). The van der Waals surface area contributed by atoms with Crippen molar-refractivity contribution >= 4 is 28.9 Å². The molecular weight excluding hydrogens is 366 g/mol. The van der Waals surface area contributed by atoms with Crippen LogP contribution in [0.3, 0.4) is 0 Å². The molecule has 1 N–H and O–H groups in total. The third-order valence-electron chi connectivity index (χ3n) is 6.49. The molecule has 4 nitrogen and oxygen atoms in total. The molecule has 0 spiro atoms. The molecule has 2 fully saturated rings. The van der Waals surface area contributed by atoms with Crippen molar-refractivity contribution in [2.45, 2.75) is 76.8 Å². The number of para-hydroxylation sites is 1. The fraction of sp³-hybridized carbons (Fsp3) is 0.652. The highest BCUT2D eigenvalue weighted by molar-refractivity contribution is 7.80. The van der Waals surface area contributed by atoms with Crippen molar-refractivity contribution in [3.63, 3.8) is 0 Å². The van der Waals surface area contributed by atoms with Crippen LogP contribution in [0.2, 0.25) is 0 Å². The lowest BCUT2D eigenvalue weighted by atomic mass is 9.85. The van der Waals surface area contributed by atoms with E-state index < -0.39 is 0 Å². The third-order valence-corrected chi connectivity index (χ3v) is 6.93. The Morgan fingerprint density at radius 3 is 2.32 bits per heavy atom. The summed E-state index contributed by atoms with van der Waals surface area (Å²) in [5, 5.41) is 3.83. The Labute approximate surface area is 175 Å². The quantitative estimate of drug-likeness (QED) is 0.723. The minimum atomic E-state index is 0.175. The molecule has 0 aromatic heterocycles. The average molecular weight is 402 g/mol. The van der Waals surface area contributed by atoms with Gasteiger partial charge in [-0.15, -0.1) is 0 Å². The van der Waals surface area contributed by atoms with Crippen molar-refractivity contribution in [1.29, 1.82) is 0 Å². The molecule has 2 saturated carbocycles. The molecular formula is C23H35N3OS. The zero-order chi connectivity index (χ0) is 19.9. The van der Waals surface area contributed by atoms with E-state index in [9.17, 15) is 4.79 Å². The monoisotopic (exact) mass is 401 g/mol. The van der Waals surface area contributed by atoms with E-state index in [1.54, 1.807) is 0 Å². The van der Waals surface area contributed by atoms with Gasteiger partial charge < -0.3 is 15.1 Å². The maximum atomic E-state index is 13.6. The summed E-state index contributed by atoms with van der Waals surface area (Å²) < 4.78 is 0. The Kier molecular flexibility index (Phi) is 7.72. The van der Waals surface area contributed by atoms with Gasteiger partial charge in [-0.05, 0) is 56.0 Å². The normalized spacial score (nSPS) is 23.1. The number of anilines is 1. The lowest BCUT2D eigenvalue weighted by Crippen LogP contribution is -2.54. The lowest BCUT2D eigenvalue weighted by Gasteiger charge is -2.41. The highest BCUT2D eigenvalue weighted by Gasteiger charge is 2.33. The molecule has 0 bridgehead atoms. The number of thiocarbonyl (C=S) groups is 1. The van der Waals surface area contributed by atoms with Crippen molar-refractivity contribution in [3.8, 4) is 0 Å². The van der Waals surface area contributed by atoms with Gasteiger partial charge in [-0.3, -0.25) is 4.79 Å². The van der Waals surface area contributed by atoms with Crippen LogP contribution in [0, 0.1) is 5.92 Å². The number of hydrogen-bond donors (Lipinski definition) is 1. The van der Waals surface area contributed by atoms with Crippen LogP contribution in [0.4, 0.5) is 5.69 Å². The van der Waals surface area contributed by atoms with Crippen LogP contribution in [-0.2, 0) is 4.79 Å². The first-order chi connectivity index (χ1) is 13.6. The summed E-state index contributed by atoms with van der Waals surface area (Å²) in [7, 11) is 1.86. The molecule has 28 heavy (non-hydrogen) atoms. The minimum Gasteiger partial charge on any atom is -0.366 e. The van der Waals surface area contributed by atoms with Crippen molar-refractivity contribution in [2.75, 3.05) is 18.5 Å². The van der Waals surface area contributed by atoms with Crippen LogP contribution in [0.1, 0.15) is 64.7 Å².